The van der Waals surface area contributed by atoms with Crippen molar-refractivity contribution < 1.29 is 33.3 Å². The van der Waals surface area contributed by atoms with Crippen LogP contribution in [0.3, 0.4) is 0 Å². The molecule has 0 radical (unpaired) electrons. The molecule has 0 unspecified atom stereocenters. The second-order valence-corrected chi connectivity index (χ2v) is 8.80. The SMILES string of the molecule is CCOC(=O)CN(CCOC1CCN(C(=O)OCc2ccccc2)CC1)C(=O)OC(C)(C)C. The number of carbonyl (C=O) groups excluding carboxylic acids is 3. The number of benzene rings is 1. The number of amides is 2. The lowest BCUT2D eigenvalue weighted by Crippen LogP contribution is -2.44. The molecular weight excluding hydrogens is 428 g/mol. The van der Waals surface area contributed by atoms with Crippen LogP contribution in [0.15, 0.2) is 30.3 Å². The molecule has 0 bridgehead atoms. The second kappa shape index (κ2) is 13.0. The van der Waals surface area contributed by atoms with Crippen LogP contribution < -0.4 is 0 Å². The highest BCUT2D eigenvalue weighted by Gasteiger charge is 2.27. The first-order chi connectivity index (χ1) is 15.7. The zero-order valence-corrected chi connectivity index (χ0v) is 20.1. The Morgan fingerprint density at radius 1 is 1.06 bits per heavy atom. The minimum Gasteiger partial charge on any atom is -0.465 e. The van der Waals surface area contributed by atoms with E-state index in [4.69, 9.17) is 18.9 Å². The standard InChI is InChI=1S/C24H36N2O7/c1-5-30-21(27)17-26(23(29)33-24(2,3)4)15-16-31-20-11-13-25(14-12-20)22(28)32-18-19-9-7-6-8-10-19/h6-10,20H,5,11-18H2,1-4H3. The van der Waals surface area contributed by atoms with Gasteiger partial charge in [-0.1, -0.05) is 30.3 Å². The van der Waals surface area contributed by atoms with E-state index < -0.39 is 17.7 Å². The average Bonchev–Trinajstić information content (AvgIpc) is 2.77. The molecule has 0 saturated carbocycles. The molecule has 184 valence electrons. The number of rotatable bonds is 9. The van der Waals surface area contributed by atoms with E-state index in [0.717, 1.165) is 5.56 Å². The van der Waals surface area contributed by atoms with Gasteiger partial charge in [-0.05, 0) is 46.1 Å². The molecule has 0 N–H and O–H groups in total. The number of esters is 1. The first-order valence-electron chi connectivity index (χ1n) is 11.4. The molecule has 0 aromatic heterocycles. The van der Waals surface area contributed by atoms with Gasteiger partial charge in [0.25, 0.3) is 0 Å². The minimum atomic E-state index is -0.674. The molecule has 1 aromatic rings. The van der Waals surface area contributed by atoms with E-state index in [1.54, 1.807) is 32.6 Å². The van der Waals surface area contributed by atoms with Crippen molar-refractivity contribution in [1.29, 1.82) is 0 Å². The average molecular weight is 465 g/mol. The van der Waals surface area contributed by atoms with E-state index in [1.165, 1.54) is 4.90 Å². The second-order valence-electron chi connectivity index (χ2n) is 8.80. The maximum Gasteiger partial charge on any atom is 0.410 e. The lowest BCUT2D eigenvalue weighted by Gasteiger charge is -2.32. The Morgan fingerprint density at radius 2 is 1.73 bits per heavy atom. The minimum absolute atomic E-state index is 0.0359. The van der Waals surface area contributed by atoms with Crippen LogP contribution in [0.1, 0.15) is 46.1 Å². The van der Waals surface area contributed by atoms with E-state index in [9.17, 15) is 14.4 Å². The Bertz CT molecular complexity index is 756. The Labute approximate surface area is 195 Å². The molecule has 1 saturated heterocycles. The highest BCUT2D eigenvalue weighted by molar-refractivity contribution is 5.78. The van der Waals surface area contributed by atoms with Crippen LogP contribution in [0.2, 0.25) is 0 Å². The highest BCUT2D eigenvalue weighted by Crippen LogP contribution is 2.16. The van der Waals surface area contributed by atoms with Gasteiger partial charge < -0.3 is 23.8 Å². The largest absolute Gasteiger partial charge is 0.465 e. The summed E-state index contributed by atoms with van der Waals surface area (Å²) >= 11 is 0. The van der Waals surface area contributed by atoms with Gasteiger partial charge in [0.05, 0.1) is 19.3 Å². The first kappa shape index (κ1) is 26.4. The fourth-order valence-corrected chi connectivity index (χ4v) is 3.27. The number of piperidine rings is 1. The number of likely N-dealkylation sites (tertiary alicyclic amines) is 1. The summed E-state index contributed by atoms with van der Waals surface area (Å²) in [5.74, 6) is -0.495. The van der Waals surface area contributed by atoms with Gasteiger partial charge in [-0.15, -0.1) is 0 Å². The van der Waals surface area contributed by atoms with Crippen LogP contribution in [0.4, 0.5) is 9.59 Å². The van der Waals surface area contributed by atoms with Gasteiger partial charge >= 0.3 is 18.2 Å². The van der Waals surface area contributed by atoms with Crippen molar-refractivity contribution in [2.24, 2.45) is 0 Å². The van der Waals surface area contributed by atoms with Crippen LogP contribution in [0.5, 0.6) is 0 Å². The Kier molecular flexibility index (Phi) is 10.4. The third-order valence-corrected chi connectivity index (χ3v) is 4.90. The number of hydrogen-bond acceptors (Lipinski definition) is 7. The molecule has 0 aliphatic carbocycles. The molecule has 1 aliphatic heterocycles. The molecule has 0 atom stereocenters. The van der Waals surface area contributed by atoms with Gasteiger partial charge in [0.15, 0.2) is 0 Å². The van der Waals surface area contributed by atoms with Crippen LogP contribution in [-0.2, 0) is 30.3 Å². The summed E-state index contributed by atoms with van der Waals surface area (Å²) in [6.45, 7) is 8.83. The monoisotopic (exact) mass is 464 g/mol. The number of nitrogens with zero attached hydrogens (tertiary/aromatic N) is 2. The van der Waals surface area contributed by atoms with Crippen molar-refractivity contribution in [2.45, 2.75) is 58.8 Å². The van der Waals surface area contributed by atoms with E-state index in [-0.39, 0.29) is 45.1 Å². The molecule has 33 heavy (non-hydrogen) atoms. The first-order valence-corrected chi connectivity index (χ1v) is 11.4. The molecule has 1 fully saturated rings. The molecule has 1 aliphatic rings. The summed E-state index contributed by atoms with van der Waals surface area (Å²) in [5.41, 5.74) is 0.272. The van der Waals surface area contributed by atoms with Gasteiger partial charge in [0.1, 0.15) is 18.8 Å². The van der Waals surface area contributed by atoms with E-state index >= 15 is 0 Å². The van der Waals surface area contributed by atoms with Crippen molar-refractivity contribution in [2.75, 3.05) is 39.4 Å². The van der Waals surface area contributed by atoms with Gasteiger partial charge in [-0.2, -0.15) is 0 Å². The summed E-state index contributed by atoms with van der Waals surface area (Å²) in [4.78, 5) is 39.6. The molecule has 0 spiro atoms. The summed E-state index contributed by atoms with van der Waals surface area (Å²) in [6.07, 6.45) is 0.388. The summed E-state index contributed by atoms with van der Waals surface area (Å²) in [7, 11) is 0. The predicted molar refractivity (Wildman–Crippen MR) is 122 cm³/mol. The topological polar surface area (TPSA) is 94.6 Å². The highest BCUT2D eigenvalue weighted by atomic mass is 16.6. The van der Waals surface area contributed by atoms with Crippen LogP contribution >= 0.6 is 0 Å². The number of hydrogen-bond donors (Lipinski definition) is 0. The van der Waals surface area contributed by atoms with Crippen LogP contribution in [0.25, 0.3) is 0 Å². The zero-order valence-electron chi connectivity index (χ0n) is 20.1. The summed E-state index contributed by atoms with van der Waals surface area (Å²) in [6, 6.07) is 9.55. The summed E-state index contributed by atoms with van der Waals surface area (Å²) in [5, 5.41) is 0. The lowest BCUT2D eigenvalue weighted by molar-refractivity contribution is -0.144. The molecule has 2 amide bonds. The Morgan fingerprint density at radius 3 is 2.33 bits per heavy atom. The van der Waals surface area contributed by atoms with E-state index in [2.05, 4.69) is 0 Å². The molecule has 9 heteroatoms. The summed E-state index contributed by atoms with van der Waals surface area (Å²) < 4.78 is 21.6. The van der Waals surface area contributed by atoms with Gasteiger partial charge in [0.2, 0.25) is 0 Å². The maximum absolute atomic E-state index is 12.4. The quantitative estimate of drug-likeness (QED) is 0.407. The van der Waals surface area contributed by atoms with Gasteiger partial charge in [-0.3, -0.25) is 9.69 Å². The van der Waals surface area contributed by atoms with Crippen molar-refractivity contribution in [3.05, 3.63) is 35.9 Å². The van der Waals surface area contributed by atoms with Crippen molar-refractivity contribution in [3.63, 3.8) is 0 Å². The molecule has 9 nitrogen and oxygen atoms in total. The van der Waals surface area contributed by atoms with Gasteiger partial charge in [-0.25, -0.2) is 9.59 Å². The third kappa shape index (κ3) is 10.1. The fraction of sp³-hybridized carbons (Fsp3) is 0.625. The zero-order chi connectivity index (χ0) is 24.3. The predicted octanol–water partition coefficient (Wildman–Crippen LogP) is 3.60. The molecular formula is C24H36N2O7. The van der Waals surface area contributed by atoms with E-state index in [0.29, 0.717) is 25.9 Å². The van der Waals surface area contributed by atoms with Crippen LogP contribution in [0, 0.1) is 0 Å². The van der Waals surface area contributed by atoms with E-state index in [1.807, 2.05) is 30.3 Å². The third-order valence-electron chi connectivity index (χ3n) is 4.90. The van der Waals surface area contributed by atoms with Gasteiger partial charge in [0, 0.05) is 19.6 Å². The van der Waals surface area contributed by atoms with Crippen molar-refractivity contribution in [1.82, 2.24) is 9.80 Å². The van der Waals surface area contributed by atoms with Crippen molar-refractivity contribution >= 4 is 18.2 Å². The fourth-order valence-electron chi connectivity index (χ4n) is 3.27. The maximum atomic E-state index is 12.4. The van der Waals surface area contributed by atoms with Crippen LogP contribution in [-0.4, -0.2) is 79.1 Å². The molecule has 1 heterocycles. The number of carbonyl (C=O) groups is 3. The Balaban J connectivity index is 1.74. The molecule has 1 aromatic carbocycles. The smallest absolute Gasteiger partial charge is 0.410 e. The van der Waals surface area contributed by atoms with Crippen molar-refractivity contribution in [3.8, 4) is 0 Å². The normalized spacial score (nSPS) is 14.5. The number of ether oxygens (including phenoxy) is 4. The lowest BCUT2D eigenvalue weighted by atomic mass is 10.1. The molecule has 2 rings (SSSR count). The Hall–Kier alpha value is -2.81.